The zero-order chi connectivity index (χ0) is 8.27. The molecule has 3 N–H and O–H groups in total. The third-order valence-electron chi connectivity index (χ3n) is 1.92. The molecule has 0 aromatic heterocycles. The highest BCUT2D eigenvalue weighted by Crippen LogP contribution is 2.10. The van der Waals surface area contributed by atoms with Crippen LogP contribution in [0.3, 0.4) is 0 Å². The van der Waals surface area contributed by atoms with E-state index in [0.29, 0.717) is 6.54 Å². The second-order valence-electron chi connectivity index (χ2n) is 2.87. The van der Waals surface area contributed by atoms with Crippen molar-refractivity contribution in [3.8, 4) is 0 Å². The highest BCUT2D eigenvalue weighted by Gasteiger charge is 2.25. The number of ether oxygens (including phenoxy) is 1. The lowest BCUT2D eigenvalue weighted by Gasteiger charge is -2.25. The fourth-order valence-electron chi connectivity index (χ4n) is 1.32. The fraction of sp³-hybridized carbons (Fsp3) is 0.857. The minimum absolute atomic E-state index is 0. The van der Waals surface area contributed by atoms with Crippen molar-refractivity contribution in [1.29, 1.82) is 0 Å². The number of halogens is 2. The average molecular weight is 231 g/mol. The van der Waals surface area contributed by atoms with Crippen LogP contribution in [0.25, 0.3) is 0 Å². The Morgan fingerprint density at radius 3 is 2.54 bits per heavy atom. The quantitative estimate of drug-likeness (QED) is 0.620. The molecule has 1 fully saturated rings. The molecule has 0 saturated carbocycles. The largest absolute Gasteiger partial charge is 0.469 e. The molecule has 1 heterocycles. The van der Waals surface area contributed by atoms with Gasteiger partial charge in [0.05, 0.1) is 13.0 Å². The van der Waals surface area contributed by atoms with Gasteiger partial charge in [-0.1, -0.05) is 0 Å². The van der Waals surface area contributed by atoms with E-state index < -0.39 is 0 Å². The molecule has 13 heavy (non-hydrogen) atoms. The van der Waals surface area contributed by atoms with Crippen molar-refractivity contribution in [2.24, 2.45) is 11.7 Å². The Hall–Kier alpha value is -0.0300. The van der Waals surface area contributed by atoms with Gasteiger partial charge in [0.2, 0.25) is 0 Å². The van der Waals surface area contributed by atoms with Crippen LogP contribution in [-0.2, 0) is 9.53 Å². The van der Waals surface area contributed by atoms with Crippen molar-refractivity contribution in [3.63, 3.8) is 0 Å². The maximum Gasteiger partial charge on any atom is 0.310 e. The number of hydrogen-bond acceptors (Lipinski definition) is 4. The maximum absolute atomic E-state index is 11.0. The molecule has 80 valence electrons. The van der Waals surface area contributed by atoms with E-state index in [2.05, 4.69) is 10.1 Å². The summed E-state index contributed by atoms with van der Waals surface area (Å²) in [5, 5.41) is 3.07. The van der Waals surface area contributed by atoms with Crippen molar-refractivity contribution in [1.82, 2.24) is 5.32 Å². The molecule has 0 aromatic carbocycles. The molecule has 2 atom stereocenters. The monoisotopic (exact) mass is 230 g/mol. The predicted molar refractivity (Wildman–Crippen MR) is 55.5 cm³/mol. The smallest absolute Gasteiger partial charge is 0.310 e. The van der Waals surface area contributed by atoms with Gasteiger partial charge in [0.15, 0.2) is 0 Å². The highest BCUT2D eigenvalue weighted by molar-refractivity contribution is 5.85. The van der Waals surface area contributed by atoms with Crippen molar-refractivity contribution in [2.75, 3.05) is 20.2 Å². The molecule has 2 unspecified atom stereocenters. The van der Waals surface area contributed by atoms with Crippen LogP contribution in [0.1, 0.15) is 6.42 Å². The van der Waals surface area contributed by atoms with Crippen LogP contribution in [0, 0.1) is 5.92 Å². The highest BCUT2D eigenvalue weighted by atomic mass is 35.5. The van der Waals surface area contributed by atoms with Gasteiger partial charge < -0.3 is 15.8 Å². The number of rotatable bonds is 1. The summed E-state index contributed by atoms with van der Waals surface area (Å²) >= 11 is 0. The number of esters is 1. The zero-order valence-electron chi connectivity index (χ0n) is 7.49. The summed E-state index contributed by atoms with van der Waals surface area (Å²) in [4.78, 5) is 11.0. The molecule has 1 aliphatic rings. The van der Waals surface area contributed by atoms with Crippen LogP contribution in [-0.4, -0.2) is 32.2 Å². The number of nitrogens with one attached hydrogen (secondary N) is 1. The molecule has 0 aliphatic carbocycles. The summed E-state index contributed by atoms with van der Waals surface area (Å²) in [5.41, 5.74) is 5.65. The molecule has 0 radical (unpaired) electrons. The Labute approximate surface area is 90.4 Å². The van der Waals surface area contributed by atoms with E-state index in [1.807, 2.05) is 0 Å². The molecule has 1 saturated heterocycles. The minimum atomic E-state index is -0.160. The van der Waals surface area contributed by atoms with Gasteiger partial charge in [-0.3, -0.25) is 4.79 Å². The summed E-state index contributed by atoms with van der Waals surface area (Å²) in [6, 6.07) is 0.0906. The Bertz CT molecular complexity index is 157. The molecule has 1 aliphatic heterocycles. The van der Waals surface area contributed by atoms with Gasteiger partial charge in [0.25, 0.3) is 0 Å². The Balaban J connectivity index is 0. The third-order valence-corrected chi connectivity index (χ3v) is 1.92. The predicted octanol–water partition coefficient (Wildman–Crippen LogP) is -0.0602. The van der Waals surface area contributed by atoms with Gasteiger partial charge in [-0.05, 0) is 6.42 Å². The molecule has 0 bridgehead atoms. The van der Waals surface area contributed by atoms with Gasteiger partial charge in [-0.25, -0.2) is 0 Å². The Morgan fingerprint density at radius 2 is 2.08 bits per heavy atom. The summed E-state index contributed by atoms with van der Waals surface area (Å²) in [5.74, 6) is -0.212. The normalized spacial score (nSPS) is 26.6. The molecule has 4 nitrogen and oxygen atoms in total. The van der Waals surface area contributed by atoms with E-state index in [0.717, 1.165) is 13.0 Å². The minimum Gasteiger partial charge on any atom is -0.469 e. The van der Waals surface area contributed by atoms with Crippen LogP contribution >= 0.6 is 24.8 Å². The van der Waals surface area contributed by atoms with Crippen LogP contribution < -0.4 is 11.1 Å². The molecular weight excluding hydrogens is 215 g/mol. The third kappa shape index (κ3) is 4.67. The summed E-state index contributed by atoms with van der Waals surface area (Å²) < 4.78 is 4.60. The summed E-state index contributed by atoms with van der Waals surface area (Å²) in [6.45, 7) is 1.49. The second kappa shape index (κ2) is 7.38. The SMILES string of the molecule is COC(=O)C1CNCC(N)C1.Cl.Cl. The van der Waals surface area contributed by atoms with Gasteiger partial charge in [0.1, 0.15) is 0 Å². The molecule has 6 heteroatoms. The number of hydrogen-bond donors (Lipinski definition) is 2. The van der Waals surface area contributed by atoms with Gasteiger partial charge in [-0.2, -0.15) is 0 Å². The molecular formula is C7H16Cl2N2O2. The average Bonchev–Trinajstić information content (AvgIpc) is 2.03. The van der Waals surface area contributed by atoms with E-state index in [-0.39, 0.29) is 42.7 Å². The number of nitrogens with two attached hydrogens (primary N) is 1. The van der Waals surface area contributed by atoms with E-state index >= 15 is 0 Å². The van der Waals surface area contributed by atoms with Gasteiger partial charge in [0, 0.05) is 19.1 Å². The first-order chi connectivity index (χ1) is 5.24. The lowest BCUT2D eigenvalue weighted by molar-refractivity contribution is -0.146. The van der Waals surface area contributed by atoms with Crippen molar-refractivity contribution < 1.29 is 9.53 Å². The molecule has 0 spiro atoms. The van der Waals surface area contributed by atoms with Crippen LogP contribution in [0.4, 0.5) is 0 Å². The van der Waals surface area contributed by atoms with Crippen molar-refractivity contribution in [2.45, 2.75) is 12.5 Å². The van der Waals surface area contributed by atoms with Crippen molar-refractivity contribution >= 4 is 30.8 Å². The first kappa shape index (κ1) is 15.4. The lowest BCUT2D eigenvalue weighted by Crippen LogP contribution is -2.46. The van der Waals surface area contributed by atoms with Gasteiger partial charge in [-0.15, -0.1) is 24.8 Å². The molecule has 0 aromatic rings. The van der Waals surface area contributed by atoms with E-state index in [9.17, 15) is 4.79 Å². The second-order valence-corrected chi connectivity index (χ2v) is 2.87. The molecule has 1 rings (SSSR count). The maximum atomic E-state index is 11.0. The van der Waals surface area contributed by atoms with Crippen LogP contribution in [0.2, 0.25) is 0 Å². The number of methoxy groups -OCH3 is 1. The van der Waals surface area contributed by atoms with Crippen LogP contribution in [0.5, 0.6) is 0 Å². The Kier molecular flexibility index (Phi) is 8.77. The standard InChI is InChI=1S/C7H14N2O2.2ClH/c1-11-7(10)5-2-6(8)4-9-3-5;;/h5-6,9H,2-4,8H2,1H3;2*1H. The van der Waals surface area contributed by atoms with E-state index in [1.54, 1.807) is 0 Å². The van der Waals surface area contributed by atoms with E-state index in [1.165, 1.54) is 7.11 Å². The summed E-state index contributed by atoms with van der Waals surface area (Å²) in [6.07, 6.45) is 0.736. The van der Waals surface area contributed by atoms with Crippen molar-refractivity contribution in [3.05, 3.63) is 0 Å². The zero-order valence-corrected chi connectivity index (χ0v) is 9.12. The Morgan fingerprint density at radius 1 is 1.46 bits per heavy atom. The van der Waals surface area contributed by atoms with Gasteiger partial charge >= 0.3 is 5.97 Å². The van der Waals surface area contributed by atoms with Crippen LogP contribution in [0.15, 0.2) is 0 Å². The number of piperidine rings is 1. The molecule has 0 amide bonds. The number of carbonyl (C=O) groups is 1. The number of carbonyl (C=O) groups excluding carboxylic acids is 1. The van der Waals surface area contributed by atoms with E-state index in [4.69, 9.17) is 5.73 Å². The first-order valence-electron chi connectivity index (χ1n) is 3.78. The first-order valence-corrected chi connectivity index (χ1v) is 3.78. The fourth-order valence-corrected chi connectivity index (χ4v) is 1.32. The lowest BCUT2D eigenvalue weighted by atomic mass is 9.97. The summed E-state index contributed by atoms with van der Waals surface area (Å²) in [7, 11) is 1.41. The topological polar surface area (TPSA) is 64.3 Å².